The Kier molecular flexibility index (Phi) is 5.45. The average molecular weight is 389 g/mol. The van der Waals surface area contributed by atoms with E-state index >= 15 is 0 Å². The van der Waals surface area contributed by atoms with Gasteiger partial charge >= 0.3 is 6.09 Å². The molecule has 0 spiro atoms. The number of nitrogens with zero attached hydrogens (tertiary/aromatic N) is 7. The summed E-state index contributed by atoms with van der Waals surface area (Å²) in [7, 11) is 1.39. The molecule has 1 amide bonds. The predicted octanol–water partition coefficient (Wildman–Crippen LogP) is 1.96. The Labute approximate surface area is 164 Å². The molecular formula is C18H27N7O3. The van der Waals surface area contributed by atoms with E-state index < -0.39 is 0 Å². The third kappa shape index (κ3) is 3.55. The van der Waals surface area contributed by atoms with Crippen LogP contribution in [-0.4, -0.2) is 80.4 Å². The van der Waals surface area contributed by atoms with Crippen molar-refractivity contribution in [2.24, 2.45) is 5.18 Å². The molecule has 0 aliphatic carbocycles. The molecule has 1 aromatic rings. The summed E-state index contributed by atoms with van der Waals surface area (Å²) in [5, 5.41) is 3.35. The van der Waals surface area contributed by atoms with Gasteiger partial charge < -0.3 is 24.3 Å². The van der Waals surface area contributed by atoms with Gasteiger partial charge in [-0.25, -0.2) is 4.79 Å². The lowest BCUT2D eigenvalue weighted by atomic mass is 10.3. The second-order valence-corrected chi connectivity index (χ2v) is 7.44. The van der Waals surface area contributed by atoms with Gasteiger partial charge in [0.05, 0.1) is 7.11 Å². The molecule has 3 aliphatic rings. The molecule has 4 rings (SSSR count). The number of hydrogen-bond donors (Lipinski definition) is 0. The number of aromatic nitrogens is 2. The molecule has 0 N–H and O–H groups in total. The van der Waals surface area contributed by atoms with Gasteiger partial charge in [0.1, 0.15) is 0 Å². The molecule has 1 aromatic heterocycles. The van der Waals surface area contributed by atoms with Crippen LogP contribution in [0.3, 0.4) is 0 Å². The fraction of sp³-hybridized carbons (Fsp3) is 0.722. The van der Waals surface area contributed by atoms with Crippen LogP contribution in [0.4, 0.5) is 28.1 Å². The summed E-state index contributed by atoms with van der Waals surface area (Å²) in [6.07, 6.45) is 4.11. The summed E-state index contributed by atoms with van der Waals surface area (Å²) in [6.45, 7) is 5.83. The molecule has 0 aromatic carbocycles. The zero-order valence-corrected chi connectivity index (χ0v) is 16.3. The molecule has 0 unspecified atom stereocenters. The van der Waals surface area contributed by atoms with Crippen LogP contribution in [0.2, 0.25) is 0 Å². The lowest BCUT2D eigenvalue weighted by Crippen LogP contribution is -2.49. The Balaban J connectivity index is 1.66. The highest BCUT2D eigenvalue weighted by Crippen LogP contribution is 2.39. The fourth-order valence-corrected chi connectivity index (χ4v) is 4.16. The van der Waals surface area contributed by atoms with E-state index in [4.69, 9.17) is 14.7 Å². The molecule has 0 radical (unpaired) electrons. The summed E-state index contributed by atoms with van der Waals surface area (Å²) < 4.78 is 4.81. The van der Waals surface area contributed by atoms with Crippen LogP contribution in [0.15, 0.2) is 5.18 Å². The first-order valence-corrected chi connectivity index (χ1v) is 10.0. The Morgan fingerprint density at radius 2 is 1.32 bits per heavy atom. The van der Waals surface area contributed by atoms with Crippen molar-refractivity contribution in [3.05, 3.63) is 4.91 Å². The zero-order chi connectivity index (χ0) is 19.5. The molecule has 10 nitrogen and oxygen atoms in total. The molecular weight excluding hydrogens is 362 g/mol. The molecule has 10 heteroatoms. The van der Waals surface area contributed by atoms with Gasteiger partial charge in [0.25, 0.3) is 0 Å². The maximum atomic E-state index is 11.8. The van der Waals surface area contributed by atoms with Crippen LogP contribution in [0.5, 0.6) is 0 Å². The van der Waals surface area contributed by atoms with Gasteiger partial charge in [-0.1, -0.05) is 0 Å². The second kappa shape index (κ2) is 8.15. The second-order valence-electron chi connectivity index (χ2n) is 7.44. The highest BCUT2D eigenvalue weighted by molar-refractivity contribution is 5.78. The van der Waals surface area contributed by atoms with Crippen molar-refractivity contribution >= 4 is 29.4 Å². The van der Waals surface area contributed by atoms with Gasteiger partial charge in [-0.3, -0.25) is 0 Å². The van der Waals surface area contributed by atoms with Crippen LogP contribution in [0.1, 0.15) is 25.7 Å². The van der Waals surface area contributed by atoms with Crippen molar-refractivity contribution in [2.45, 2.75) is 25.7 Å². The molecule has 3 fully saturated rings. The zero-order valence-electron chi connectivity index (χ0n) is 16.3. The first kappa shape index (κ1) is 18.7. The maximum Gasteiger partial charge on any atom is 0.409 e. The number of rotatable bonds is 4. The van der Waals surface area contributed by atoms with Gasteiger partial charge in [0.15, 0.2) is 17.3 Å². The van der Waals surface area contributed by atoms with Crippen molar-refractivity contribution in [2.75, 3.05) is 74.2 Å². The van der Waals surface area contributed by atoms with Crippen LogP contribution in [-0.2, 0) is 4.74 Å². The van der Waals surface area contributed by atoms with E-state index in [1.165, 1.54) is 7.11 Å². The number of hydrogen-bond acceptors (Lipinski definition) is 9. The summed E-state index contributed by atoms with van der Waals surface area (Å²) in [5.41, 5.74) is 0.316. The molecule has 0 atom stereocenters. The SMILES string of the molecule is COC(=O)N1CCN(c2nc(N3CCCC3)nc(N3CCCC3)c2N=O)CC1. The van der Waals surface area contributed by atoms with Gasteiger partial charge in [0, 0.05) is 52.4 Å². The summed E-state index contributed by atoms with van der Waals surface area (Å²) in [4.78, 5) is 41.1. The number of ether oxygens (including phenoxy) is 1. The van der Waals surface area contributed by atoms with Crippen molar-refractivity contribution in [1.82, 2.24) is 14.9 Å². The maximum absolute atomic E-state index is 11.8. The minimum Gasteiger partial charge on any atom is -0.453 e. The van der Waals surface area contributed by atoms with Crippen LogP contribution < -0.4 is 14.7 Å². The molecule has 3 saturated heterocycles. The number of anilines is 3. The quantitative estimate of drug-likeness (QED) is 0.722. The minimum absolute atomic E-state index is 0.316. The van der Waals surface area contributed by atoms with Gasteiger partial charge in [-0.05, 0) is 30.9 Å². The Hall–Kier alpha value is -2.65. The van der Waals surface area contributed by atoms with E-state index in [0.29, 0.717) is 49.5 Å². The number of methoxy groups -OCH3 is 1. The van der Waals surface area contributed by atoms with Crippen LogP contribution >= 0.6 is 0 Å². The van der Waals surface area contributed by atoms with Crippen LogP contribution in [0.25, 0.3) is 0 Å². The van der Waals surface area contributed by atoms with E-state index in [9.17, 15) is 9.70 Å². The third-order valence-corrected chi connectivity index (χ3v) is 5.73. The Bertz CT molecular complexity index is 724. The predicted molar refractivity (Wildman–Crippen MR) is 107 cm³/mol. The lowest BCUT2D eigenvalue weighted by Gasteiger charge is -2.35. The lowest BCUT2D eigenvalue weighted by molar-refractivity contribution is 0.121. The van der Waals surface area contributed by atoms with Gasteiger partial charge in [0.2, 0.25) is 5.95 Å². The normalized spacial score (nSPS) is 20.0. The van der Waals surface area contributed by atoms with Crippen molar-refractivity contribution in [3.63, 3.8) is 0 Å². The van der Waals surface area contributed by atoms with E-state index in [1.807, 2.05) is 4.90 Å². The Morgan fingerprint density at radius 3 is 1.82 bits per heavy atom. The molecule has 3 aliphatic heterocycles. The molecule has 0 saturated carbocycles. The van der Waals surface area contributed by atoms with Crippen LogP contribution in [0, 0.1) is 4.91 Å². The number of piperazine rings is 1. The molecule has 152 valence electrons. The highest BCUT2D eigenvalue weighted by Gasteiger charge is 2.30. The van der Waals surface area contributed by atoms with E-state index in [-0.39, 0.29) is 6.09 Å². The highest BCUT2D eigenvalue weighted by atomic mass is 16.5. The van der Waals surface area contributed by atoms with Gasteiger partial charge in [-0.2, -0.15) is 9.97 Å². The van der Waals surface area contributed by atoms with E-state index in [0.717, 1.165) is 51.9 Å². The smallest absolute Gasteiger partial charge is 0.409 e. The first-order chi connectivity index (χ1) is 13.7. The third-order valence-electron chi connectivity index (χ3n) is 5.73. The Morgan fingerprint density at radius 1 is 0.821 bits per heavy atom. The fourth-order valence-electron chi connectivity index (χ4n) is 4.16. The van der Waals surface area contributed by atoms with Crippen molar-refractivity contribution < 1.29 is 9.53 Å². The standard InChI is InChI=1S/C18H27N7O3/c1-28-18(26)25-12-10-23(11-13-25)16-14(21-27)15(22-6-2-3-7-22)19-17(20-16)24-8-4-5-9-24/h2-13H2,1H3. The molecule has 4 heterocycles. The molecule has 28 heavy (non-hydrogen) atoms. The largest absolute Gasteiger partial charge is 0.453 e. The van der Waals surface area contributed by atoms with Crippen molar-refractivity contribution in [1.29, 1.82) is 0 Å². The van der Waals surface area contributed by atoms with Crippen molar-refractivity contribution in [3.8, 4) is 0 Å². The summed E-state index contributed by atoms with van der Waals surface area (Å²) in [6, 6.07) is 0. The average Bonchev–Trinajstić information content (AvgIpc) is 3.46. The van der Waals surface area contributed by atoms with E-state index in [1.54, 1.807) is 4.90 Å². The topological polar surface area (TPSA) is 94.5 Å². The first-order valence-electron chi connectivity index (χ1n) is 10.0. The number of carbonyl (C=O) groups is 1. The number of amides is 1. The summed E-state index contributed by atoms with van der Waals surface area (Å²) in [5.74, 6) is 1.91. The van der Waals surface area contributed by atoms with Gasteiger partial charge in [-0.15, -0.1) is 4.91 Å². The minimum atomic E-state index is -0.327. The summed E-state index contributed by atoms with van der Waals surface area (Å²) >= 11 is 0. The number of carbonyl (C=O) groups excluding carboxylic acids is 1. The van der Waals surface area contributed by atoms with E-state index in [2.05, 4.69) is 15.0 Å². The molecule has 0 bridgehead atoms. The monoisotopic (exact) mass is 389 g/mol. The number of nitroso groups, excluding NO2 is 1.